The summed E-state index contributed by atoms with van der Waals surface area (Å²) in [6.07, 6.45) is 0.418. The van der Waals surface area contributed by atoms with Gasteiger partial charge in [0.15, 0.2) is 5.11 Å². The molecule has 0 saturated carbocycles. The normalized spacial score (nSPS) is 15.9. The van der Waals surface area contributed by atoms with E-state index < -0.39 is 6.04 Å². The lowest BCUT2D eigenvalue weighted by molar-refractivity contribution is -0.130. The van der Waals surface area contributed by atoms with Crippen molar-refractivity contribution >= 4 is 46.4 Å². The molecule has 1 fully saturated rings. The molecule has 162 valence electrons. The minimum absolute atomic E-state index is 0.0695. The van der Waals surface area contributed by atoms with E-state index in [1.807, 2.05) is 0 Å². The average molecular weight is 443 g/mol. The summed E-state index contributed by atoms with van der Waals surface area (Å²) < 4.78 is 13.4. The van der Waals surface area contributed by atoms with Gasteiger partial charge in [-0.05, 0) is 60.6 Å². The van der Waals surface area contributed by atoms with Crippen molar-refractivity contribution in [2.45, 2.75) is 25.8 Å². The molecule has 1 heterocycles. The predicted octanol–water partition coefficient (Wildman–Crippen LogP) is 2.78. The Kier molecular flexibility index (Phi) is 6.96. The van der Waals surface area contributed by atoms with Crippen LogP contribution in [0.4, 0.5) is 15.8 Å². The number of halogens is 1. The van der Waals surface area contributed by atoms with Crippen LogP contribution in [0, 0.1) is 5.82 Å². The molecule has 0 spiro atoms. The smallest absolute Gasteiger partial charge is 0.251 e. The van der Waals surface area contributed by atoms with Gasteiger partial charge in [-0.1, -0.05) is 12.1 Å². The minimum atomic E-state index is -0.718. The molecule has 0 aliphatic carbocycles. The van der Waals surface area contributed by atoms with E-state index in [1.165, 1.54) is 24.0 Å². The number of nitrogens with one attached hydrogen (secondary N) is 2. The van der Waals surface area contributed by atoms with E-state index in [4.69, 9.17) is 12.2 Å². The lowest BCUT2D eigenvalue weighted by Gasteiger charge is -2.23. The lowest BCUT2D eigenvalue weighted by Crippen LogP contribution is -2.39. The highest BCUT2D eigenvalue weighted by Crippen LogP contribution is 2.21. The molecular formula is C22H23FN4O3S. The zero-order valence-electron chi connectivity index (χ0n) is 17.2. The summed E-state index contributed by atoms with van der Waals surface area (Å²) in [6.45, 7) is 1.80. The number of thiocarbonyl (C=S) groups is 1. The van der Waals surface area contributed by atoms with Gasteiger partial charge in [0.05, 0.1) is 6.42 Å². The van der Waals surface area contributed by atoms with Gasteiger partial charge < -0.3 is 15.5 Å². The Morgan fingerprint density at radius 1 is 1.10 bits per heavy atom. The molecule has 1 aliphatic heterocycles. The number of rotatable bonds is 7. The zero-order valence-corrected chi connectivity index (χ0v) is 18.0. The Labute approximate surface area is 185 Å². The SMILES string of the molecule is CC(=O)Nc1ccc(NC(=O)CC2C(=O)N(C)C(=S)N2CCc2cccc(F)c2)cc1. The molecular weight excluding hydrogens is 419 g/mol. The maximum Gasteiger partial charge on any atom is 0.251 e. The molecule has 0 radical (unpaired) electrons. The van der Waals surface area contributed by atoms with Crippen LogP contribution in [0.3, 0.4) is 0 Å². The first kappa shape index (κ1) is 22.4. The first-order valence-electron chi connectivity index (χ1n) is 9.74. The van der Waals surface area contributed by atoms with Crippen LogP contribution in [0.25, 0.3) is 0 Å². The monoisotopic (exact) mass is 442 g/mol. The van der Waals surface area contributed by atoms with Crippen molar-refractivity contribution < 1.29 is 18.8 Å². The van der Waals surface area contributed by atoms with Crippen LogP contribution in [-0.2, 0) is 20.8 Å². The van der Waals surface area contributed by atoms with Crippen molar-refractivity contribution in [1.29, 1.82) is 0 Å². The lowest BCUT2D eigenvalue weighted by atomic mass is 10.1. The van der Waals surface area contributed by atoms with Crippen LogP contribution in [0.1, 0.15) is 18.9 Å². The summed E-state index contributed by atoms with van der Waals surface area (Å²) in [5, 5.41) is 5.76. The zero-order chi connectivity index (χ0) is 22.5. The second-order valence-corrected chi connectivity index (χ2v) is 7.64. The van der Waals surface area contributed by atoms with Gasteiger partial charge in [0, 0.05) is 31.9 Å². The van der Waals surface area contributed by atoms with E-state index in [9.17, 15) is 18.8 Å². The maximum absolute atomic E-state index is 13.4. The topological polar surface area (TPSA) is 81.8 Å². The third-order valence-corrected chi connectivity index (χ3v) is 5.43. The van der Waals surface area contributed by atoms with Crippen molar-refractivity contribution in [2.24, 2.45) is 0 Å². The Morgan fingerprint density at radius 2 is 1.74 bits per heavy atom. The third-order valence-electron chi connectivity index (χ3n) is 4.92. The number of likely N-dealkylation sites (N-methyl/N-ethyl adjacent to an activating group) is 1. The van der Waals surface area contributed by atoms with Crippen LogP contribution in [-0.4, -0.2) is 52.3 Å². The van der Waals surface area contributed by atoms with Crippen molar-refractivity contribution in [3.8, 4) is 0 Å². The van der Waals surface area contributed by atoms with Gasteiger partial charge in [-0.15, -0.1) is 0 Å². The molecule has 2 aromatic carbocycles. The quantitative estimate of drug-likeness (QED) is 0.645. The Bertz CT molecular complexity index is 1010. The van der Waals surface area contributed by atoms with E-state index in [2.05, 4.69) is 10.6 Å². The molecule has 1 atom stereocenters. The predicted molar refractivity (Wildman–Crippen MR) is 120 cm³/mol. The maximum atomic E-state index is 13.4. The molecule has 0 aromatic heterocycles. The highest BCUT2D eigenvalue weighted by atomic mass is 32.1. The van der Waals surface area contributed by atoms with Gasteiger partial charge in [0.1, 0.15) is 11.9 Å². The number of benzene rings is 2. The highest BCUT2D eigenvalue weighted by Gasteiger charge is 2.41. The number of carbonyl (C=O) groups excluding carboxylic acids is 3. The number of hydrogen-bond acceptors (Lipinski definition) is 4. The van der Waals surface area contributed by atoms with Crippen LogP contribution >= 0.6 is 12.2 Å². The first-order chi connectivity index (χ1) is 14.7. The fourth-order valence-electron chi connectivity index (χ4n) is 3.40. The van der Waals surface area contributed by atoms with Crippen molar-refractivity contribution in [2.75, 3.05) is 24.2 Å². The molecule has 1 aliphatic rings. The summed E-state index contributed by atoms with van der Waals surface area (Å²) >= 11 is 5.38. The fraction of sp³-hybridized carbons (Fsp3) is 0.273. The van der Waals surface area contributed by atoms with Crippen molar-refractivity contribution in [1.82, 2.24) is 9.80 Å². The van der Waals surface area contributed by atoms with Gasteiger partial charge in [-0.3, -0.25) is 19.3 Å². The number of anilines is 2. The second kappa shape index (κ2) is 9.65. The fourth-order valence-corrected chi connectivity index (χ4v) is 3.70. The Balaban J connectivity index is 1.64. The minimum Gasteiger partial charge on any atom is -0.336 e. The first-order valence-corrected chi connectivity index (χ1v) is 10.2. The standard InChI is InChI=1S/C22H23FN4O3S/c1-14(28)24-17-6-8-18(9-7-17)25-20(29)13-19-21(30)26(2)22(31)27(19)11-10-15-4-3-5-16(23)12-15/h3-9,12,19H,10-11,13H2,1-2H3,(H,24,28)(H,25,29). The van der Waals surface area contributed by atoms with Gasteiger partial charge in [-0.25, -0.2) is 4.39 Å². The van der Waals surface area contributed by atoms with Gasteiger partial charge >= 0.3 is 0 Å². The van der Waals surface area contributed by atoms with E-state index >= 15 is 0 Å². The van der Waals surface area contributed by atoms with Gasteiger partial charge in [0.25, 0.3) is 5.91 Å². The van der Waals surface area contributed by atoms with Crippen LogP contribution in [0.15, 0.2) is 48.5 Å². The number of hydrogen-bond donors (Lipinski definition) is 2. The Morgan fingerprint density at radius 3 is 2.35 bits per heavy atom. The molecule has 3 amide bonds. The second-order valence-electron chi connectivity index (χ2n) is 7.28. The molecule has 0 bridgehead atoms. The van der Waals surface area contributed by atoms with E-state index in [0.29, 0.717) is 29.5 Å². The largest absolute Gasteiger partial charge is 0.336 e. The average Bonchev–Trinajstić information content (AvgIpc) is 2.91. The number of carbonyl (C=O) groups is 3. The number of amides is 3. The highest BCUT2D eigenvalue weighted by molar-refractivity contribution is 7.80. The van der Waals surface area contributed by atoms with Gasteiger partial charge in [0.2, 0.25) is 11.8 Å². The summed E-state index contributed by atoms with van der Waals surface area (Å²) in [4.78, 5) is 39.4. The van der Waals surface area contributed by atoms with Crippen LogP contribution in [0.2, 0.25) is 0 Å². The summed E-state index contributed by atoms with van der Waals surface area (Å²) in [5.74, 6) is -1.09. The van der Waals surface area contributed by atoms with Crippen LogP contribution < -0.4 is 10.6 Å². The molecule has 1 unspecified atom stereocenters. The van der Waals surface area contributed by atoms with Crippen molar-refractivity contribution in [3.63, 3.8) is 0 Å². The molecule has 1 saturated heterocycles. The van der Waals surface area contributed by atoms with Crippen LogP contribution in [0.5, 0.6) is 0 Å². The molecule has 7 nitrogen and oxygen atoms in total. The summed E-state index contributed by atoms with van der Waals surface area (Å²) in [7, 11) is 1.58. The van der Waals surface area contributed by atoms with Gasteiger partial charge in [-0.2, -0.15) is 0 Å². The molecule has 3 rings (SSSR count). The Hall–Kier alpha value is -3.33. The van der Waals surface area contributed by atoms with E-state index in [-0.39, 0.29) is 30.0 Å². The third kappa shape index (κ3) is 5.64. The van der Waals surface area contributed by atoms with E-state index in [0.717, 1.165) is 5.56 Å². The van der Waals surface area contributed by atoms with Crippen molar-refractivity contribution in [3.05, 3.63) is 59.9 Å². The molecule has 2 N–H and O–H groups in total. The number of nitrogens with zero attached hydrogens (tertiary/aromatic N) is 2. The molecule has 31 heavy (non-hydrogen) atoms. The summed E-state index contributed by atoms with van der Waals surface area (Å²) in [6, 6.07) is 12.2. The van der Waals surface area contributed by atoms with E-state index in [1.54, 1.807) is 48.3 Å². The summed E-state index contributed by atoms with van der Waals surface area (Å²) in [5.41, 5.74) is 1.95. The molecule has 2 aromatic rings. The molecule has 9 heteroatoms.